The Morgan fingerprint density at radius 2 is 1.56 bits per heavy atom. The molecule has 0 radical (unpaired) electrons. The Kier molecular flexibility index (Phi) is 4.70. The summed E-state index contributed by atoms with van der Waals surface area (Å²) in [4.78, 5) is -0.276. The molecule has 0 heterocycles. The molecule has 4 aromatic rings. The van der Waals surface area contributed by atoms with E-state index in [-0.39, 0.29) is 10.5 Å². The van der Waals surface area contributed by atoms with Gasteiger partial charge in [-0.15, -0.1) is 0 Å². The van der Waals surface area contributed by atoms with Crippen molar-refractivity contribution in [2.75, 3.05) is 0 Å². The Morgan fingerprint density at radius 1 is 0.844 bits per heavy atom. The molecule has 0 spiro atoms. The second kappa shape index (κ2) is 7.34. The second-order valence-corrected chi connectivity index (χ2v) is 9.12. The number of benzene rings is 4. The van der Waals surface area contributed by atoms with E-state index in [4.69, 9.17) is 0 Å². The van der Waals surface area contributed by atoms with Gasteiger partial charge in [-0.25, -0.2) is 0 Å². The highest BCUT2D eigenvalue weighted by Crippen LogP contribution is 2.35. The smallest absolute Gasteiger partial charge is 0.264 e. The van der Waals surface area contributed by atoms with E-state index in [1.54, 1.807) is 48.5 Å². The van der Waals surface area contributed by atoms with Crippen molar-refractivity contribution in [2.24, 2.45) is 5.16 Å². The van der Waals surface area contributed by atoms with Gasteiger partial charge < -0.3 is 0 Å². The van der Waals surface area contributed by atoms with Gasteiger partial charge in [-0.3, -0.25) is 4.28 Å². The van der Waals surface area contributed by atoms with Crippen LogP contribution in [-0.2, 0) is 27.2 Å². The first-order valence-corrected chi connectivity index (χ1v) is 11.3. The average molecular weight is 455 g/mol. The number of oxime groups is 1. The van der Waals surface area contributed by atoms with Crippen molar-refractivity contribution in [1.82, 2.24) is 0 Å². The van der Waals surface area contributed by atoms with Crippen LogP contribution in [0.2, 0.25) is 0 Å². The summed E-state index contributed by atoms with van der Waals surface area (Å²) in [7, 11) is -4.56. The summed E-state index contributed by atoms with van der Waals surface area (Å²) in [6.07, 6.45) is -3.42. The molecule has 4 nitrogen and oxygen atoms in total. The SMILES string of the molecule is O=S(=O)(ON=C(c1ccc2c3c(cccc13)CC2)C(F)(F)F)c1ccc2ccccc2c1. The molecule has 0 aromatic heterocycles. The molecule has 32 heavy (non-hydrogen) atoms. The first kappa shape index (κ1) is 20.5. The predicted octanol–water partition coefficient (Wildman–Crippen LogP) is 5.76. The molecule has 0 N–H and O–H groups in total. The van der Waals surface area contributed by atoms with Crippen molar-refractivity contribution in [3.8, 4) is 0 Å². The predicted molar refractivity (Wildman–Crippen MR) is 116 cm³/mol. The van der Waals surface area contributed by atoms with Gasteiger partial charge in [0.05, 0.1) is 0 Å². The normalized spacial score (nSPS) is 14.3. The third kappa shape index (κ3) is 3.50. The number of nitrogens with zero attached hydrogens (tertiary/aromatic N) is 1. The lowest BCUT2D eigenvalue weighted by Gasteiger charge is -2.14. The number of aryl methyl sites for hydroxylation is 2. The zero-order chi connectivity index (χ0) is 22.5. The number of hydrogen-bond donors (Lipinski definition) is 0. The van der Waals surface area contributed by atoms with Crippen LogP contribution in [-0.4, -0.2) is 20.3 Å². The molecule has 0 saturated carbocycles. The zero-order valence-electron chi connectivity index (χ0n) is 16.6. The van der Waals surface area contributed by atoms with Gasteiger partial charge in [0, 0.05) is 5.56 Å². The lowest BCUT2D eigenvalue weighted by atomic mass is 9.97. The van der Waals surface area contributed by atoms with Crippen molar-refractivity contribution in [3.05, 3.63) is 89.5 Å². The zero-order valence-corrected chi connectivity index (χ0v) is 17.4. The van der Waals surface area contributed by atoms with E-state index in [0.717, 1.165) is 34.7 Å². The van der Waals surface area contributed by atoms with E-state index >= 15 is 0 Å². The quantitative estimate of drug-likeness (QED) is 0.290. The maximum absolute atomic E-state index is 13.9. The summed E-state index contributed by atoms with van der Waals surface area (Å²) < 4.78 is 71.6. The second-order valence-electron chi connectivity index (χ2n) is 7.59. The van der Waals surface area contributed by atoms with Gasteiger partial charge in [0.25, 0.3) is 0 Å². The van der Waals surface area contributed by atoms with Crippen LogP contribution in [0.15, 0.2) is 82.8 Å². The lowest BCUT2D eigenvalue weighted by molar-refractivity contribution is -0.0596. The van der Waals surface area contributed by atoms with E-state index in [0.29, 0.717) is 10.8 Å². The third-order valence-corrected chi connectivity index (χ3v) is 6.74. The Hall–Kier alpha value is -3.39. The third-order valence-electron chi connectivity index (χ3n) is 5.64. The first-order valence-electron chi connectivity index (χ1n) is 9.85. The lowest BCUT2D eigenvalue weighted by Crippen LogP contribution is -2.25. The molecular weight excluding hydrogens is 439 g/mol. The fourth-order valence-corrected chi connectivity index (χ4v) is 4.92. The highest BCUT2D eigenvalue weighted by atomic mass is 32.2. The molecule has 5 rings (SSSR count). The number of halogens is 3. The van der Waals surface area contributed by atoms with Crippen LogP contribution < -0.4 is 0 Å². The largest absolute Gasteiger partial charge is 0.437 e. The maximum Gasteiger partial charge on any atom is 0.437 e. The van der Waals surface area contributed by atoms with Gasteiger partial charge in [0.15, 0.2) is 5.71 Å². The van der Waals surface area contributed by atoms with Crippen molar-refractivity contribution in [3.63, 3.8) is 0 Å². The average Bonchev–Trinajstić information content (AvgIpc) is 3.19. The van der Waals surface area contributed by atoms with E-state index in [2.05, 4.69) is 9.44 Å². The molecule has 0 amide bonds. The molecule has 0 bridgehead atoms. The summed E-state index contributed by atoms with van der Waals surface area (Å²) in [5.74, 6) is 0. The van der Waals surface area contributed by atoms with Crippen LogP contribution in [0.3, 0.4) is 0 Å². The minimum Gasteiger partial charge on any atom is -0.264 e. The van der Waals surface area contributed by atoms with Gasteiger partial charge in [-0.2, -0.15) is 21.6 Å². The fraction of sp³-hybridized carbons (Fsp3) is 0.125. The van der Waals surface area contributed by atoms with Crippen LogP contribution in [0.4, 0.5) is 13.2 Å². The number of alkyl halides is 3. The molecular formula is C24H16F3NO3S. The summed E-state index contributed by atoms with van der Waals surface area (Å²) in [5.41, 5.74) is 0.322. The van der Waals surface area contributed by atoms with Crippen LogP contribution in [0.25, 0.3) is 21.5 Å². The van der Waals surface area contributed by atoms with Crippen molar-refractivity contribution < 1.29 is 25.9 Å². The first-order chi connectivity index (χ1) is 15.2. The van der Waals surface area contributed by atoms with Crippen molar-refractivity contribution in [2.45, 2.75) is 23.9 Å². The Bertz CT molecular complexity index is 1500. The van der Waals surface area contributed by atoms with E-state index in [1.165, 1.54) is 18.2 Å². The highest BCUT2D eigenvalue weighted by molar-refractivity contribution is 7.86. The van der Waals surface area contributed by atoms with E-state index in [1.807, 2.05) is 6.07 Å². The van der Waals surface area contributed by atoms with Crippen molar-refractivity contribution in [1.29, 1.82) is 0 Å². The van der Waals surface area contributed by atoms with Crippen LogP contribution >= 0.6 is 0 Å². The standard InChI is InChI=1S/C24H16F3NO3S/c25-24(26,27)23(21-13-11-17-9-8-16-6-3-7-20(21)22(16)17)28-31-32(29,30)19-12-10-15-4-1-2-5-18(15)14-19/h1-7,10-14H,8-9H2. The molecule has 162 valence electrons. The van der Waals surface area contributed by atoms with Gasteiger partial charge in [0.1, 0.15) is 4.90 Å². The Labute approximate surface area is 182 Å². The molecule has 1 aliphatic rings. The molecule has 4 aromatic carbocycles. The number of hydrogen-bond acceptors (Lipinski definition) is 4. The van der Waals surface area contributed by atoms with E-state index in [9.17, 15) is 21.6 Å². The van der Waals surface area contributed by atoms with Crippen molar-refractivity contribution >= 4 is 37.4 Å². The molecule has 0 aliphatic heterocycles. The Morgan fingerprint density at radius 3 is 2.31 bits per heavy atom. The van der Waals surface area contributed by atoms with Crippen LogP contribution in [0.5, 0.6) is 0 Å². The minimum atomic E-state index is -4.92. The maximum atomic E-state index is 13.9. The highest BCUT2D eigenvalue weighted by Gasteiger charge is 2.40. The van der Waals surface area contributed by atoms with Gasteiger partial charge in [-0.1, -0.05) is 65.8 Å². The molecule has 0 atom stereocenters. The number of rotatable bonds is 4. The van der Waals surface area contributed by atoms with Crippen LogP contribution in [0.1, 0.15) is 16.7 Å². The van der Waals surface area contributed by atoms with Gasteiger partial charge >= 0.3 is 16.3 Å². The molecule has 1 aliphatic carbocycles. The Balaban J connectivity index is 1.59. The molecule has 0 saturated heterocycles. The van der Waals surface area contributed by atoms with Crippen LogP contribution in [0, 0.1) is 0 Å². The summed E-state index contributed by atoms with van der Waals surface area (Å²) >= 11 is 0. The molecule has 0 unspecified atom stereocenters. The van der Waals surface area contributed by atoms with Gasteiger partial charge in [0.2, 0.25) is 0 Å². The number of fused-ring (bicyclic) bond motifs is 1. The summed E-state index contributed by atoms with van der Waals surface area (Å²) in [5, 5.41) is 5.67. The van der Waals surface area contributed by atoms with Gasteiger partial charge in [-0.05, 0) is 57.6 Å². The monoisotopic (exact) mass is 455 g/mol. The van der Waals surface area contributed by atoms with E-state index < -0.39 is 22.0 Å². The topological polar surface area (TPSA) is 55.7 Å². The molecule has 8 heteroatoms. The summed E-state index contributed by atoms with van der Waals surface area (Å²) in [6.45, 7) is 0. The fourth-order valence-electron chi connectivity index (χ4n) is 4.16. The summed E-state index contributed by atoms with van der Waals surface area (Å²) in [6, 6.07) is 19.3. The minimum absolute atomic E-state index is 0.214. The molecule has 0 fully saturated rings.